The third-order valence-corrected chi connectivity index (χ3v) is 4.90. The number of aliphatic hydroxyl groups is 1. The van der Waals surface area contributed by atoms with E-state index in [9.17, 15) is 5.11 Å². The first-order valence-electron chi connectivity index (χ1n) is 9.23. The molecule has 1 unspecified atom stereocenters. The SMILES string of the molecule is CCCCCNN1CCN(CC(O)c2c[nH]c3ccccc23)CC1. The molecule has 0 amide bonds. The number of β-amino-alcohol motifs (C(OH)–C–C–N with tert-alkyl or cyclic N) is 1. The van der Waals surface area contributed by atoms with Crippen LogP contribution in [0.2, 0.25) is 0 Å². The van der Waals surface area contributed by atoms with Crippen molar-refractivity contribution in [3.8, 4) is 0 Å². The van der Waals surface area contributed by atoms with Crippen LogP contribution in [-0.4, -0.2) is 59.3 Å². The number of para-hydroxylation sites is 1. The zero-order chi connectivity index (χ0) is 16.8. The quantitative estimate of drug-likeness (QED) is 0.651. The highest BCUT2D eigenvalue weighted by Crippen LogP contribution is 2.24. The van der Waals surface area contributed by atoms with Gasteiger partial charge in [-0.1, -0.05) is 38.0 Å². The van der Waals surface area contributed by atoms with Crippen LogP contribution in [0.15, 0.2) is 30.5 Å². The van der Waals surface area contributed by atoms with Crippen LogP contribution in [-0.2, 0) is 0 Å². The fourth-order valence-electron chi connectivity index (χ4n) is 3.41. The van der Waals surface area contributed by atoms with Crippen molar-refractivity contribution >= 4 is 10.9 Å². The molecule has 24 heavy (non-hydrogen) atoms. The highest BCUT2D eigenvalue weighted by Gasteiger charge is 2.21. The molecule has 2 aromatic rings. The number of fused-ring (bicyclic) bond motifs is 1. The molecular weight excluding hydrogens is 300 g/mol. The number of rotatable bonds is 8. The highest BCUT2D eigenvalue weighted by molar-refractivity contribution is 5.83. The predicted octanol–water partition coefficient (Wildman–Crippen LogP) is 2.51. The summed E-state index contributed by atoms with van der Waals surface area (Å²) < 4.78 is 0. The van der Waals surface area contributed by atoms with Gasteiger partial charge in [-0.05, 0) is 12.5 Å². The van der Waals surface area contributed by atoms with Gasteiger partial charge in [0.05, 0.1) is 6.10 Å². The molecule has 3 rings (SSSR count). The third kappa shape index (κ3) is 4.36. The summed E-state index contributed by atoms with van der Waals surface area (Å²) in [6.45, 7) is 8.05. The van der Waals surface area contributed by atoms with E-state index in [0.717, 1.165) is 49.2 Å². The van der Waals surface area contributed by atoms with Crippen LogP contribution in [0.1, 0.15) is 37.9 Å². The Balaban J connectivity index is 1.46. The van der Waals surface area contributed by atoms with Gasteiger partial charge in [0.1, 0.15) is 0 Å². The average molecular weight is 330 g/mol. The van der Waals surface area contributed by atoms with Crippen LogP contribution < -0.4 is 5.43 Å². The van der Waals surface area contributed by atoms with E-state index in [1.807, 2.05) is 18.3 Å². The second kappa shape index (κ2) is 8.62. The molecule has 0 saturated carbocycles. The first-order valence-corrected chi connectivity index (χ1v) is 9.23. The van der Waals surface area contributed by atoms with E-state index in [1.54, 1.807) is 0 Å². The lowest BCUT2D eigenvalue weighted by molar-refractivity contribution is 0.0524. The zero-order valence-corrected chi connectivity index (χ0v) is 14.7. The number of H-pyrrole nitrogens is 1. The van der Waals surface area contributed by atoms with Gasteiger partial charge in [0.2, 0.25) is 0 Å². The number of unbranched alkanes of at least 4 members (excludes halogenated alkanes) is 2. The predicted molar refractivity (Wildman–Crippen MR) is 98.8 cm³/mol. The van der Waals surface area contributed by atoms with E-state index in [2.05, 4.69) is 39.4 Å². The molecule has 132 valence electrons. The monoisotopic (exact) mass is 330 g/mol. The Kier molecular flexibility index (Phi) is 6.26. The Hall–Kier alpha value is -1.40. The number of hydrogen-bond acceptors (Lipinski definition) is 4. The molecule has 0 radical (unpaired) electrons. The minimum absolute atomic E-state index is 0.440. The minimum atomic E-state index is -0.440. The Bertz CT molecular complexity index is 619. The van der Waals surface area contributed by atoms with Crippen LogP contribution in [0.3, 0.4) is 0 Å². The molecule has 5 nitrogen and oxygen atoms in total. The number of nitrogens with one attached hydrogen (secondary N) is 2. The smallest absolute Gasteiger partial charge is 0.0937 e. The van der Waals surface area contributed by atoms with Gasteiger partial charge < -0.3 is 10.1 Å². The second-order valence-electron chi connectivity index (χ2n) is 6.71. The molecule has 0 bridgehead atoms. The first-order chi connectivity index (χ1) is 11.8. The van der Waals surface area contributed by atoms with Crippen molar-refractivity contribution < 1.29 is 5.11 Å². The summed E-state index contributed by atoms with van der Waals surface area (Å²) in [5, 5.41) is 14.1. The van der Waals surface area contributed by atoms with Crippen molar-refractivity contribution in [3.63, 3.8) is 0 Å². The van der Waals surface area contributed by atoms with Gasteiger partial charge >= 0.3 is 0 Å². The van der Waals surface area contributed by atoms with Gasteiger partial charge in [0, 0.05) is 61.9 Å². The summed E-state index contributed by atoms with van der Waals surface area (Å²) in [4.78, 5) is 5.61. The molecule has 1 aromatic heterocycles. The molecule has 2 heterocycles. The van der Waals surface area contributed by atoms with Crippen LogP contribution in [0.25, 0.3) is 10.9 Å². The van der Waals surface area contributed by atoms with Crippen molar-refractivity contribution in [2.45, 2.75) is 32.3 Å². The Morgan fingerprint density at radius 1 is 1.17 bits per heavy atom. The minimum Gasteiger partial charge on any atom is -0.387 e. The standard InChI is InChI=1S/C19H30N4O/c1-2-3-6-9-21-23-12-10-22(11-13-23)15-19(24)17-14-20-18-8-5-4-7-16(17)18/h4-5,7-8,14,19-21,24H,2-3,6,9-13,15H2,1H3. The maximum absolute atomic E-state index is 10.6. The summed E-state index contributed by atoms with van der Waals surface area (Å²) >= 11 is 0. The Morgan fingerprint density at radius 2 is 1.96 bits per heavy atom. The lowest BCUT2D eigenvalue weighted by Gasteiger charge is -2.35. The molecule has 0 aliphatic carbocycles. The number of aliphatic hydroxyl groups excluding tert-OH is 1. The maximum atomic E-state index is 10.6. The van der Waals surface area contributed by atoms with E-state index in [-0.39, 0.29) is 0 Å². The number of aromatic amines is 1. The average Bonchev–Trinajstić information content (AvgIpc) is 3.04. The number of benzene rings is 1. The van der Waals surface area contributed by atoms with Crippen molar-refractivity contribution in [2.24, 2.45) is 0 Å². The summed E-state index contributed by atoms with van der Waals surface area (Å²) in [6.07, 6.45) is 5.31. The molecule has 1 fully saturated rings. The van der Waals surface area contributed by atoms with E-state index in [0.29, 0.717) is 6.54 Å². The molecule has 5 heteroatoms. The molecule has 1 aliphatic rings. The van der Waals surface area contributed by atoms with Gasteiger partial charge in [-0.25, -0.2) is 5.01 Å². The number of nitrogens with zero attached hydrogens (tertiary/aromatic N) is 2. The topological polar surface area (TPSA) is 54.5 Å². The van der Waals surface area contributed by atoms with Crippen LogP contribution in [0, 0.1) is 0 Å². The van der Waals surface area contributed by atoms with Crippen LogP contribution >= 0.6 is 0 Å². The lowest BCUT2D eigenvalue weighted by Crippen LogP contribution is -2.52. The third-order valence-electron chi connectivity index (χ3n) is 4.90. The largest absolute Gasteiger partial charge is 0.387 e. The van der Waals surface area contributed by atoms with Crippen LogP contribution in [0.5, 0.6) is 0 Å². The second-order valence-corrected chi connectivity index (χ2v) is 6.71. The highest BCUT2D eigenvalue weighted by atomic mass is 16.3. The number of aromatic nitrogens is 1. The van der Waals surface area contributed by atoms with Gasteiger partial charge in [0.15, 0.2) is 0 Å². The fourth-order valence-corrected chi connectivity index (χ4v) is 3.41. The fraction of sp³-hybridized carbons (Fsp3) is 0.579. The van der Waals surface area contributed by atoms with Gasteiger partial charge in [-0.3, -0.25) is 10.3 Å². The first kappa shape index (κ1) is 17.4. The maximum Gasteiger partial charge on any atom is 0.0937 e. The number of hydrogen-bond donors (Lipinski definition) is 3. The van der Waals surface area contributed by atoms with E-state index in [4.69, 9.17) is 0 Å². The summed E-state index contributed by atoms with van der Waals surface area (Å²) in [7, 11) is 0. The number of hydrazine groups is 1. The van der Waals surface area contributed by atoms with E-state index in [1.165, 1.54) is 19.3 Å². The van der Waals surface area contributed by atoms with Crippen molar-refractivity contribution in [3.05, 3.63) is 36.0 Å². The van der Waals surface area contributed by atoms with Gasteiger partial charge in [0.25, 0.3) is 0 Å². The molecule has 1 saturated heterocycles. The lowest BCUT2D eigenvalue weighted by atomic mass is 10.1. The Labute approximate surface area is 144 Å². The zero-order valence-electron chi connectivity index (χ0n) is 14.7. The van der Waals surface area contributed by atoms with Crippen LogP contribution in [0.4, 0.5) is 0 Å². The molecule has 3 N–H and O–H groups in total. The summed E-state index contributed by atoms with van der Waals surface area (Å²) in [5.41, 5.74) is 5.62. The van der Waals surface area contributed by atoms with E-state index >= 15 is 0 Å². The van der Waals surface area contributed by atoms with E-state index < -0.39 is 6.10 Å². The van der Waals surface area contributed by atoms with Crippen molar-refractivity contribution in [2.75, 3.05) is 39.3 Å². The molecule has 1 atom stereocenters. The van der Waals surface area contributed by atoms with Crippen molar-refractivity contribution in [1.29, 1.82) is 0 Å². The summed E-state index contributed by atoms with van der Waals surface area (Å²) in [5.74, 6) is 0. The molecule has 0 spiro atoms. The summed E-state index contributed by atoms with van der Waals surface area (Å²) in [6, 6.07) is 8.16. The number of piperazine rings is 1. The normalized spacial score (nSPS) is 18.2. The molecule has 1 aromatic carbocycles. The van der Waals surface area contributed by atoms with Crippen molar-refractivity contribution in [1.82, 2.24) is 20.3 Å². The molecule has 1 aliphatic heterocycles. The molecular formula is C19H30N4O. The Morgan fingerprint density at radius 3 is 2.75 bits per heavy atom. The van der Waals surface area contributed by atoms with Gasteiger partial charge in [-0.15, -0.1) is 0 Å². The van der Waals surface area contributed by atoms with Gasteiger partial charge in [-0.2, -0.15) is 0 Å².